The predicted molar refractivity (Wildman–Crippen MR) is 125 cm³/mol. The van der Waals surface area contributed by atoms with E-state index in [4.69, 9.17) is 0 Å². The normalized spacial score (nSPS) is 35.6. The number of halogens is 5. The van der Waals surface area contributed by atoms with Crippen LogP contribution in [0.25, 0.3) is 0 Å². The standard InChI is InChI=1S/C27H29F5O3S/c1-24-14-21(15-3-7-18(8-4-15)36(2)35)23-19-10-6-17(33)13-16(19)5-9-20(23)22(24)11-12-25(24,34)26(28,29)27(30,31)32/h3-4,7-8,13,20-22,34H,5-6,9-12,14H2,1-2H3/t20?,21-,22?,24+,25+,36?/m1/s1. The van der Waals surface area contributed by atoms with Crippen molar-refractivity contribution >= 4 is 17.0 Å². The van der Waals surface area contributed by atoms with Crippen LogP contribution in [0.15, 0.2) is 52.0 Å². The summed E-state index contributed by atoms with van der Waals surface area (Å²) in [5, 5.41) is 11.3. The highest BCUT2D eigenvalue weighted by Gasteiger charge is 2.79. The first-order valence-corrected chi connectivity index (χ1v) is 13.8. The van der Waals surface area contributed by atoms with Crippen LogP contribution >= 0.6 is 0 Å². The zero-order chi connectivity index (χ0) is 26.3. The molecule has 0 amide bonds. The molecule has 9 heteroatoms. The summed E-state index contributed by atoms with van der Waals surface area (Å²) < 4.78 is 82.7. The molecule has 0 aliphatic heterocycles. The number of ketones is 1. The van der Waals surface area contributed by atoms with Crippen molar-refractivity contribution in [2.24, 2.45) is 17.3 Å². The van der Waals surface area contributed by atoms with Gasteiger partial charge in [0, 0.05) is 17.8 Å². The van der Waals surface area contributed by atoms with Crippen LogP contribution in [-0.2, 0) is 16.0 Å². The summed E-state index contributed by atoms with van der Waals surface area (Å²) in [4.78, 5) is 12.7. The number of carbonyl (C=O) groups excluding carboxylic acids is 1. The highest BCUT2D eigenvalue weighted by Crippen LogP contribution is 2.70. The van der Waals surface area contributed by atoms with Crippen molar-refractivity contribution in [3.05, 3.63) is 52.6 Å². The Morgan fingerprint density at radius 2 is 1.72 bits per heavy atom. The molecule has 1 aromatic carbocycles. The molecule has 3 nitrogen and oxygen atoms in total. The van der Waals surface area contributed by atoms with Gasteiger partial charge >= 0.3 is 12.1 Å². The van der Waals surface area contributed by atoms with E-state index in [0.717, 1.165) is 22.3 Å². The van der Waals surface area contributed by atoms with Crippen LogP contribution in [0.4, 0.5) is 22.0 Å². The largest absolute Gasteiger partial charge is 0.612 e. The number of hydrogen-bond donors (Lipinski definition) is 1. The van der Waals surface area contributed by atoms with E-state index in [1.165, 1.54) is 13.2 Å². The molecule has 6 atom stereocenters. The summed E-state index contributed by atoms with van der Waals surface area (Å²) in [6, 6.07) is 6.90. The summed E-state index contributed by atoms with van der Waals surface area (Å²) in [5.41, 5.74) is -1.18. The molecule has 0 saturated heterocycles. The van der Waals surface area contributed by atoms with Crippen molar-refractivity contribution in [1.29, 1.82) is 0 Å². The van der Waals surface area contributed by atoms with Crippen molar-refractivity contribution in [1.82, 2.24) is 0 Å². The van der Waals surface area contributed by atoms with Crippen molar-refractivity contribution < 1.29 is 36.4 Å². The van der Waals surface area contributed by atoms with E-state index < -0.39 is 52.5 Å². The average Bonchev–Trinajstić information content (AvgIpc) is 3.09. The predicted octanol–water partition coefficient (Wildman–Crippen LogP) is 6.25. The molecule has 4 aliphatic rings. The highest BCUT2D eigenvalue weighted by molar-refractivity contribution is 7.90. The van der Waals surface area contributed by atoms with Crippen molar-refractivity contribution in [3.8, 4) is 0 Å². The summed E-state index contributed by atoms with van der Waals surface area (Å²) in [5.74, 6) is -6.49. The van der Waals surface area contributed by atoms with E-state index in [1.54, 1.807) is 30.3 Å². The Morgan fingerprint density at radius 3 is 2.33 bits per heavy atom. The SMILES string of the molecule is C[S+]([O-])c1ccc([C@H]2C[C@@]3(C)C(CC[C@@]3(O)C(F)(F)C(F)(F)F)C3CCC4=CC(=O)CCC4=C32)cc1. The molecule has 4 aliphatic carbocycles. The fraction of sp³-hybridized carbons (Fsp3) is 0.593. The molecular weight excluding hydrogens is 499 g/mol. The lowest BCUT2D eigenvalue weighted by Gasteiger charge is -2.56. The lowest BCUT2D eigenvalue weighted by molar-refractivity contribution is -0.362. The molecule has 1 aromatic rings. The van der Waals surface area contributed by atoms with Gasteiger partial charge in [-0.3, -0.25) is 4.79 Å². The lowest BCUT2D eigenvalue weighted by atomic mass is 9.50. The fourth-order valence-electron chi connectivity index (χ4n) is 7.61. The second kappa shape index (κ2) is 8.40. The molecule has 2 saturated carbocycles. The van der Waals surface area contributed by atoms with Crippen molar-refractivity contribution in [2.45, 2.75) is 80.4 Å². The molecule has 5 rings (SSSR count). The highest BCUT2D eigenvalue weighted by atomic mass is 32.2. The zero-order valence-electron chi connectivity index (χ0n) is 20.1. The molecule has 196 valence electrons. The second-order valence-electron chi connectivity index (χ2n) is 11.0. The molecule has 0 bridgehead atoms. The van der Waals surface area contributed by atoms with Crippen LogP contribution in [0.2, 0.25) is 0 Å². The van der Waals surface area contributed by atoms with Gasteiger partial charge in [-0.1, -0.05) is 24.6 Å². The van der Waals surface area contributed by atoms with E-state index in [9.17, 15) is 36.4 Å². The van der Waals surface area contributed by atoms with Gasteiger partial charge in [-0.15, -0.1) is 0 Å². The fourth-order valence-corrected chi connectivity index (χ4v) is 8.13. The van der Waals surface area contributed by atoms with Gasteiger partial charge in [0.2, 0.25) is 0 Å². The van der Waals surface area contributed by atoms with Gasteiger partial charge in [-0.2, -0.15) is 22.0 Å². The number of carbonyl (C=O) groups is 1. The average molecular weight is 529 g/mol. The van der Waals surface area contributed by atoms with E-state index in [2.05, 4.69) is 0 Å². The Bertz CT molecular complexity index is 1140. The molecule has 0 aromatic heterocycles. The van der Waals surface area contributed by atoms with Gasteiger partial charge in [0.15, 0.2) is 10.7 Å². The Balaban J connectivity index is 1.68. The minimum atomic E-state index is -5.87. The van der Waals surface area contributed by atoms with E-state index in [0.29, 0.717) is 30.6 Å². The van der Waals surface area contributed by atoms with E-state index >= 15 is 0 Å². The molecule has 1 N–H and O–H groups in total. The van der Waals surface area contributed by atoms with Crippen LogP contribution in [0.5, 0.6) is 0 Å². The Morgan fingerprint density at radius 1 is 1.06 bits per heavy atom. The molecule has 0 heterocycles. The maximum absolute atomic E-state index is 15.0. The Labute approximate surface area is 210 Å². The number of fused-ring (bicyclic) bond motifs is 4. The maximum Gasteiger partial charge on any atom is 0.456 e. The van der Waals surface area contributed by atoms with Crippen LogP contribution in [0.1, 0.15) is 63.4 Å². The number of hydrogen-bond acceptors (Lipinski definition) is 3. The molecule has 2 fully saturated rings. The molecular formula is C27H29F5O3S. The summed E-state index contributed by atoms with van der Waals surface area (Å²) >= 11 is -1.23. The van der Waals surface area contributed by atoms with Crippen LogP contribution in [0.3, 0.4) is 0 Å². The Kier molecular flexibility index (Phi) is 6.05. The van der Waals surface area contributed by atoms with Crippen LogP contribution in [0, 0.1) is 17.3 Å². The van der Waals surface area contributed by atoms with E-state index in [-0.39, 0.29) is 24.5 Å². The number of allylic oxidation sites excluding steroid dienone is 4. The third-order valence-corrected chi connectivity index (χ3v) is 10.3. The van der Waals surface area contributed by atoms with E-state index in [1.807, 2.05) is 0 Å². The van der Waals surface area contributed by atoms with Gasteiger partial charge in [-0.05, 0) is 96.5 Å². The minimum Gasteiger partial charge on any atom is -0.612 e. The second-order valence-corrected chi connectivity index (χ2v) is 12.4. The first kappa shape index (κ1) is 25.9. The number of benzene rings is 1. The van der Waals surface area contributed by atoms with Gasteiger partial charge in [0.05, 0.1) is 0 Å². The molecule has 36 heavy (non-hydrogen) atoms. The number of alkyl halides is 5. The van der Waals surface area contributed by atoms with Crippen LogP contribution in [-0.4, -0.2) is 39.4 Å². The number of aliphatic hydroxyl groups is 1. The monoisotopic (exact) mass is 528 g/mol. The molecule has 0 radical (unpaired) electrons. The first-order chi connectivity index (χ1) is 16.7. The molecule has 3 unspecified atom stereocenters. The zero-order valence-corrected chi connectivity index (χ0v) is 20.9. The number of rotatable bonds is 3. The van der Waals surface area contributed by atoms with Gasteiger partial charge in [0.1, 0.15) is 11.9 Å². The summed E-state index contributed by atoms with van der Waals surface area (Å²) in [6.07, 6.45) is -1.31. The van der Waals surface area contributed by atoms with Gasteiger partial charge in [0.25, 0.3) is 0 Å². The summed E-state index contributed by atoms with van der Waals surface area (Å²) in [7, 11) is 0. The van der Waals surface area contributed by atoms with Crippen LogP contribution < -0.4 is 0 Å². The lowest BCUT2D eigenvalue weighted by Crippen LogP contribution is -2.65. The molecule has 0 spiro atoms. The first-order valence-electron chi connectivity index (χ1n) is 12.3. The smallest absolute Gasteiger partial charge is 0.456 e. The quantitative estimate of drug-likeness (QED) is 0.373. The topological polar surface area (TPSA) is 60.4 Å². The third-order valence-electron chi connectivity index (χ3n) is 9.38. The van der Waals surface area contributed by atoms with Gasteiger partial charge < -0.3 is 9.66 Å². The minimum absolute atomic E-state index is 0.0415. The summed E-state index contributed by atoms with van der Waals surface area (Å²) in [6.45, 7) is 1.41. The van der Waals surface area contributed by atoms with Crippen molar-refractivity contribution in [2.75, 3.05) is 6.26 Å². The third kappa shape index (κ3) is 3.56. The van der Waals surface area contributed by atoms with Crippen molar-refractivity contribution in [3.63, 3.8) is 0 Å². The van der Waals surface area contributed by atoms with Gasteiger partial charge in [-0.25, -0.2) is 0 Å². The maximum atomic E-state index is 15.0. The Hall–Kier alpha value is -1.71.